The van der Waals surface area contributed by atoms with E-state index in [1.54, 1.807) is 4.90 Å². The number of carbonyl (C=O) groups is 1. The van der Waals surface area contributed by atoms with Crippen molar-refractivity contribution in [3.05, 3.63) is 41.7 Å². The van der Waals surface area contributed by atoms with E-state index in [-0.39, 0.29) is 12.5 Å². The molecule has 3 heterocycles. The van der Waals surface area contributed by atoms with Gasteiger partial charge in [0.15, 0.2) is 0 Å². The van der Waals surface area contributed by atoms with Gasteiger partial charge in [-0.3, -0.25) is 9.69 Å². The third kappa shape index (κ3) is 4.69. The van der Waals surface area contributed by atoms with Crippen LogP contribution in [0.3, 0.4) is 0 Å². The molecule has 0 aliphatic carbocycles. The summed E-state index contributed by atoms with van der Waals surface area (Å²) in [6, 6.07) is 9.86. The monoisotopic (exact) mass is 420 g/mol. The Morgan fingerprint density at radius 1 is 0.933 bits per heavy atom. The molecule has 0 N–H and O–H groups in total. The first-order valence-electron chi connectivity index (χ1n) is 10.7. The summed E-state index contributed by atoms with van der Waals surface area (Å²) in [5.74, 6) is 0.654. The van der Waals surface area contributed by atoms with Crippen LogP contribution in [0.2, 0.25) is 0 Å². The lowest BCUT2D eigenvalue weighted by Crippen LogP contribution is -2.38. The van der Waals surface area contributed by atoms with Crippen LogP contribution in [0.5, 0.6) is 0 Å². The Morgan fingerprint density at radius 3 is 2.50 bits per heavy atom. The van der Waals surface area contributed by atoms with Gasteiger partial charge in [-0.15, -0.1) is 0 Å². The summed E-state index contributed by atoms with van der Waals surface area (Å²) in [5.41, 5.74) is 2.42. The van der Waals surface area contributed by atoms with Crippen molar-refractivity contribution in [2.45, 2.75) is 44.8 Å². The van der Waals surface area contributed by atoms with Crippen molar-refractivity contribution in [3.63, 3.8) is 0 Å². The van der Waals surface area contributed by atoms with Gasteiger partial charge in [-0.05, 0) is 25.7 Å². The summed E-state index contributed by atoms with van der Waals surface area (Å²) in [5, 5.41) is 0. The van der Waals surface area contributed by atoms with Crippen LogP contribution in [-0.2, 0) is 13.0 Å². The molecule has 0 radical (unpaired) electrons. The van der Waals surface area contributed by atoms with Gasteiger partial charge >= 0.3 is 6.18 Å². The fourth-order valence-corrected chi connectivity index (χ4v) is 4.43. The lowest BCUT2D eigenvalue weighted by molar-refractivity contribution is -0.145. The lowest BCUT2D eigenvalue weighted by Gasteiger charge is -2.22. The molecule has 2 aliphatic heterocycles. The Hall–Kier alpha value is -2.35. The molecule has 1 fully saturated rings. The molecule has 0 saturated carbocycles. The van der Waals surface area contributed by atoms with Gasteiger partial charge in [0.1, 0.15) is 11.5 Å². The average molecular weight is 420 g/mol. The molecule has 4 rings (SSSR count). The summed E-state index contributed by atoms with van der Waals surface area (Å²) in [6.45, 7) is 1.24. The van der Waals surface area contributed by atoms with Crippen LogP contribution >= 0.6 is 0 Å². The second kappa shape index (κ2) is 8.79. The molecule has 0 spiro atoms. The third-order valence-electron chi connectivity index (χ3n) is 5.88. The summed E-state index contributed by atoms with van der Waals surface area (Å²) in [6.07, 6.45) is 0.287. The Labute approximate surface area is 174 Å². The van der Waals surface area contributed by atoms with Gasteiger partial charge in [0, 0.05) is 38.3 Å². The number of amides is 1. The minimum Gasteiger partial charge on any atom is -0.336 e. The van der Waals surface area contributed by atoms with Gasteiger partial charge in [-0.25, -0.2) is 4.98 Å². The zero-order valence-corrected chi connectivity index (χ0v) is 17.0. The molecule has 1 saturated heterocycles. The zero-order chi connectivity index (χ0) is 21.1. The van der Waals surface area contributed by atoms with Crippen molar-refractivity contribution in [1.82, 2.24) is 19.4 Å². The van der Waals surface area contributed by atoms with E-state index in [4.69, 9.17) is 4.98 Å². The second-order valence-electron chi connectivity index (χ2n) is 8.10. The fourth-order valence-electron chi connectivity index (χ4n) is 4.43. The number of aromatic nitrogens is 2. The molecule has 1 amide bonds. The van der Waals surface area contributed by atoms with Crippen molar-refractivity contribution in [1.29, 1.82) is 0 Å². The summed E-state index contributed by atoms with van der Waals surface area (Å²) in [7, 11) is 0. The molecule has 2 aromatic rings. The van der Waals surface area contributed by atoms with E-state index in [2.05, 4.69) is 4.57 Å². The highest BCUT2D eigenvalue weighted by Gasteiger charge is 2.33. The Kier molecular flexibility index (Phi) is 6.13. The standard InChI is InChI=1S/C22H27F3N4O/c23-22(24,25)16-27-11-7-12-28(15-14-27)21(30)19-18-10-5-2-6-13-29(18)20(26-19)17-8-3-1-4-9-17/h1,3-4,8-9H,2,5-7,10-16H2. The van der Waals surface area contributed by atoms with Gasteiger partial charge in [-0.2, -0.15) is 13.2 Å². The molecule has 0 unspecified atom stereocenters. The first-order chi connectivity index (χ1) is 14.4. The van der Waals surface area contributed by atoms with E-state index in [1.807, 2.05) is 30.3 Å². The summed E-state index contributed by atoms with van der Waals surface area (Å²) >= 11 is 0. The van der Waals surface area contributed by atoms with Crippen LogP contribution in [0.1, 0.15) is 41.9 Å². The highest BCUT2D eigenvalue weighted by atomic mass is 19.4. The van der Waals surface area contributed by atoms with Crippen LogP contribution in [0.15, 0.2) is 30.3 Å². The number of alkyl halides is 3. The van der Waals surface area contributed by atoms with Crippen LogP contribution in [0, 0.1) is 0 Å². The van der Waals surface area contributed by atoms with Crippen LogP contribution < -0.4 is 0 Å². The lowest BCUT2D eigenvalue weighted by atomic mass is 10.1. The SMILES string of the molecule is O=C(c1nc(-c2ccccc2)n2c1CCCCC2)N1CCCN(CC(F)(F)F)CC1. The fraction of sp³-hybridized carbons (Fsp3) is 0.545. The number of hydrogen-bond acceptors (Lipinski definition) is 3. The molecular weight excluding hydrogens is 393 g/mol. The number of halogens is 3. The van der Waals surface area contributed by atoms with Crippen molar-refractivity contribution in [2.24, 2.45) is 0 Å². The number of carbonyl (C=O) groups excluding carboxylic acids is 1. The smallest absolute Gasteiger partial charge is 0.336 e. The first-order valence-corrected chi connectivity index (χ1v) is 10.7. The molecule has 162 valence electrons. The first kappa shape index (κ1) is 20.9. The van der Waals surface area contributed by atoms with Crippen LogP contribution in [0.4, 0.5) is 13.2 Å². The summed E-state index contributed by atoms with van der Waals surface area (Å²) < 4.78 is 40.4. The predicted molar refractivity (Wildman–Crippen MR) is 108 cm³/mol. The molecule has 8 heteroatoms. The Bertz CT molecular complexity index is 878. The predicted octanol–water partition coefficient (Wildman–Crippen LogP) is 3.99. The van der Waals surface area contributed by atoms with Gasteiger partial charge in [0.05, 0.1) is 12.2 Å². The quantitative estimate of drug-likeness (QED) is 0.754. The largest absolute Gasteiger partial charge is 0.401 e. The number of imidazole rings is 1. The average Bonchev–Trinajstić information content (AvgIpc) is 2.87. The minimum atomic E-state index is -4.22. The molecule has 30 heavy (non-hydrogen) atoms. The number of benzene rings is 1. The maximum Gasteiger partial charge on any atom is 0.401 e. The highest BCUT2D eigenvalue weighted by molar-refractivity contribution is 5.94. The number of hydrogen-bond donors (Lipinski definition) is 0. The molecule has 1 aromatic heterocycles. The van der Waals surface area contributed by atoms with Gasteiger partial charge in [-0.1, -0.05) is 36.8 Å². The normalized spacial score (nSPS) is 18.6. The maximum absolute atomic E-state index is 13.4. The molecule has 5 nitrogen and oxygen atoms in total. The molecule has 1 aromatic carbocycles. The van der Waals surface area contributed by atoms with Crippen LogP contribution in [0.25, 0.3) is 11.4 Å². The topological polar surface area (TPSA) is 41.4 Å². The van der Waals surface area contributed by atoms with Crippen molar-refractivity contribution in [3.8, 4) is 11.4 Å². The molecule has 2 aliphatic rings. The van der Waals surface area contributed by atoms with E-state index in [1.165, 1.54) is 4.90 Å². The van der Waals surface area contributed by atoms with Gasteiger partial charge in [0.25, 0.3) is 5.91 Å². The van der Waals surface area contributed by atoms with E-state index in [0.29, 0.717) is 31.7 Å². The van der Waals surface area contributed by atoms with E-state index in [9.17, 15) is 18.0 Å². The van der Waals surface area contributed by atoms with Gasteiger partial charge in [0.2, 0.25) is 0 Å². The van der Waals surface area contributed by atoms with E-state index >= 15 is 0 Å². The third-order valence-corrected chi connectivity index (χ3v) is 5.88. The molecule has 0 atom stereocenters. The number of rotatable bonds is 3. The highest BCUT2D eigenvalue weighted by Crippen LogP contribution is 2.28. The van der Waals surface area contributed by atoms with Crippen molar-refractivity contribution >= 4 is 5.91 Å². The van der Waals surface area contributed by atoms with E-state index < -0.39 is 12.7 Å². The van der Waals surface area contributed by atoms with E-state index in [0.717, 1.165) is 49.3 Å². The number of nitrogens with zero attached hydrogens (tertiary/aromatic N) is 4. The summed E-state index contributed by atoms with van der Waals surface area (Å²) in [4.78, 5) is 21.2. The molecule has 0 bridgehead atoms. The Balaban J connectivity index is 1.59. The minimum absolute atomic E-state index is 0.156. The zero-order valence-electron chi connectivity index (χ0n) is 17.0. The van der Waals surface area contributed by atoms with Crippen LogP contribution in [-0.4, -0.2) is 64.2 Å². The van der Waals surface area contributed by atoms with Gasteiger partial charge < -0.3 is 9.47 Å². The van der Waals surface area contributed by atoms with Crippen molar-refractivity contribution < 1.29 is 18.0 Å². The second-order valence-corrected chi connectivity index (χ2v) is 8.10. The molecular formula is C22H27F3N4O. The number of fused-ring (bicyclic) bond motifs is 1. The maximum atomic E-state index is 13.4. The Morgan fingerprint density at radius 2 is 1.73 bits per heavy atom. The van der Waals surface area contributed by atoms with Crippen molar-refractivity contribution in [2.75, 3.05) is 32.7 Å².